The van der Waals surface area contributed by atoms with Gasteiger partial charge in [0.15, 0.2) is 0 Å². The van der Waals surface area contributed by atoms with E-state index in [9.17, 15) is 4.79 Å². The van der Waals surface area contributed by atoms with E-state index in [-0.39, 0.29) is 11.7 Å². The fourth-order valence-corrected chi connectivity index (χ4v) is 3.31. The zero-order chi connectivity index (χ0) is 11.2. The lowest BCUT2D eigenvalue weighted by atomic mass is 10.2. The number of hydrogen-bond acceptors (Lipinski definition) is 2. The summed E-state index contributed by atoms with van der Waals surface area (Å²) >= 11 is 3.50. The molecule has 0 aromatic carbocycles. The van der Waals surface area contributed by atoms with Crippen molar-refractivity contribution in [3.8, 4) is 0 Å². The molecule has 1 heterocycles. The van der Waals surface area contributed by atoms with Gasteiger partial charge in [-0.15, -0.1) is 0 Å². The van der Waals surface area contributed by atoms with Gasteiger partial charge in [0.1, 0.15) is 5.60 Å². The standard InChI is InChI=1S/C11H18BrNO2/c1-11(2,3)15-10(14)13-5-8-7(4-12)9(8)6-13/h7-9H,4-6H2,1-3H3/t7?,8-,9+. The first-order valence-corrected chi connectivity index (χ1v) is 6.58. The minimum absolute atomic E-state index is 0.150. The van der Waals surface area contributed by atoms with Crippen LogP contribution in [-0.2, 0) is 4.74 Å². The maximum Gasteiger partial charge on any atom is 0.410 e. The maximum atomic E-state index is 11.7. The Morgan fingerprint density at radius 3 is 2.33 bits per heavy atom. The molecule has 3 nitrogen and oxygen atoms in total. The molecule has 0 N–H and O–H groups in total. The average Bonchev–Trinajstić information content (AvgIpc) is 2.54. The van der Waals surface area contributed by atoms with E-state index in [0.717, 1.165) is 36.2 Å². The van der Waals surface area contributed by atoms with Crippen LogP contribution in [0, 0.1) is 17.8 Å². The van der Waals surface area contributed by atoms with Gasteiger partial charge in [0.05, 0.1) is 0 Å². The van der Waals surface area contributed by atoms with Crippen LogP contribution >= 0.6 is 15.9 Å². The predicted molar refractivity (Wildman–Crippen MR) is 62.1 cm³/mol. The van der Waals surface area contributed by atoms with Crippen LogP contribution in [0.25, 0.3) is 0 Å². The first-order chi connectivity index (χ1) is 6.92. The van der Waals surface area contributed by atoms with E-state index in [1.165, 1.54) is 0 Å². The molecule has 1 saturated heterocycles. The van der Waals surface area contributed by atoms with E-state index in [0.29, 0.717) is 0 Å². The normalized spacial score (nSPS) is 33.9. The van der Waals surface area contributed by atoms with Gasteiger partial charge in [0.25, 0.3) is 0 Å². The van der Waals surface area contributed by atoms with Crippen LogP contribution in [-0.4, -0.2) is 35.0 Å². The fraction of sp³-hybridized carbons (Fsp3) is 0.909. The first-order valence-electron chi connectivity index (χ1n) is 5.46. The summed E-state index contributed by atoms with van der Waals surface area (Å²) in [6, 6.07) is 0. The third-order valence-electron chi connectivity index (χ3n) is 3.20. The maximum absolute atomic E-state index is 11.7. The van der Waals surface area contributed by atoms with Gasteiger partial charge in [0, 0.05) is 18.4 Å². The molecule has 1 aliphatic carbocycles. The highest BCUT2D eigenvalue weighted by Crippen LogP contribution is 2.52. The summed E-state index contributed by atoms with van der Waals surface area (Å²) in [5, 5.41) is 1.07. The highest BCUT2D eigenvalue weighted by Gasteiger charge is 2.56. The highest BCUT2D eigenvalue weighted by molar-refractivity contribution is 9.09. The number of likely N-dealkylation sites (tertiary alicyclic amines) is 1. The van der Waals surface area contributed by atoms with Crippen molar-refractivity contribution in [2.24, 2.45) is 17.8 Å². The van der Waals surface area contributed by atoms with Crippen molar-refractivity contribution in [1.29, 1.82) is 0 Å². The lowest BCUT2D eigenvalue weighted by Gasteiger charge is -2.25. The number of halogens is 1. The van der Waals surface area contributed by atoms with Gasteiger partial charge in [-0.25, -0.2) is 4.79 Å². The SMILES string of the molecule is CC(C)(C)OC(=O)N1C[C@@H]2C(CBr)[C@@H]2C1. The van der Waals surface area contributed by atoms with Gasteiger partial charge in [-0.05, 0) is 38.5 Å². The highest BCUT2D eigenvalue weighted by atomic mass is 79.9. The van der Waals surface area contributed by atoms with Crippen LogP contribution in [0.3, 0.4) is 0 Å². The Bertz CT molecular complexity index is 262. The lowest BCUT2D eigenvalue weighted by Crippen LogP contribution is -2.37. The molecule has 15 heavy (non-hydrogen) atoms. The zero-order valence-corrected chi connectivity index (χ0v) is 11.1. The molecule has 0 bridgehead atoms. The minimum atomic E-state index is -0.376. The Kier molecular flexibility index (Phi) is 2.73. The second kappa shape index (κ2) is 3.65. The van der Waals surface area contributed by atoms with Crippen molar-refractivity contribution in [3.63, 3.8) is 0 Å². The number of rotatable bonds is 1. The van der Waals surface area contributed by atoms with Gasteiger partial charge in [-0.3, -0.25) is 0 Å². The molecule has 4 heteroatoms. The van der Waals surface area contributed by atoms with Crippen LogP contribution in [0.4, 0.5) is 4.79 Å². The van der Waals surface area contributed by atoms with Crippen LogP contribution in [0.1, 0.15) is 20.8 Å². The fourth-order valence-electron chi connectivity index (χ4n) is 2.35. The van der Waals surface area contributed by atoms with E-state index in [2.05, 4.69) is 15.9 Å². The van der Waals surface area contributed by atoms with Gasteiger partial charge in [0.2, 0.25) is 0 Å². The Balaban J connectivity index is 1.82. The topological polar surface area (TPSA) is 29.5 Å². The van der Waals surface area contributed by atoms with E-state index in [1.807, 2.05) is 25.7 Å². The number of amides is 1. The zero-order valence-electron chi connectivity index (χ0n) is 9.50. The number of carbonyl (C=O) groups is 1. The van der Waals surface area contributed by atoms with Crippen molar-refractivity contribution in [3.05, 3.63) is 0 Å². The lowest BCUT2D eigenvalue weighted by molar-refractivity contribution is 0.0267. The number of hydrogen-bond donors (Lipinski definition) is 0. The van der Waals surface area contributed by atoms with E-state index < -0.39 is 0 Å². The Labute approximate surface area is 99.3 Å². The van der Waals surface area contributed by atoms with Crippen LogP contribution in [0.2, 0.25) is 0 Å². The molecule has 0 aromatic rings. The number of nitrogens with zero attached hydrogens (tertiary/aromatic N) is 1. The number of piperidine rings is 1. The molecule has 86 valence electrons. The largest absolute Gasteiger partial charge is 0.444 e. The summed E-state index contributed by atoms with van der Waals surface area (Å²) in [7, 11) is 0. The first kappa shape index (κ1) is 11.2. The van der Waals surface area contributed by atoms with Gasteiger partial charge in [-0.1, -0.05) is 15.9 Å². The van der Waals surface area contributed by atoms with E-state index in [1.54, 1.807) is 0 Å². The molecule has 0 radical (unpaired) electrons. The molecule has 2 rings (SSSR count). The van der Waals surface area contributed by atoms with Crippen molar-refractivity contribution in [1.82, 2.24) is 4.90 Å². The molecule has 1 unspecified atom stereocenters. The molecular formula is C11H18BrNO2. The molecule has 2 fully saturated rings. The summed E-state index contributed by atoms with van der Waals surface area (Å²) in [5.74, 6) is 2.23. The molecule has 3 atom stereocenters. The second-order valence-corrected chi connectivity index (χ2v) is 6.18. The molecule has 0 spiro atoms. The molecule has 0 aromatic heterocycles. The van der Waals surface area contributed by atoms with Crippen molar-refractivity contribution >= 4 is 22.0 Å². The van der Waals surface area contributed by atoms with Crippen molar-refractivity contribution in [2.75, 3.05) is 18.4 Å². The summed E-state index contributed by atoms with van der Waals surface area (Å²) in [6.45, 7) is 7.49. The number of fused-ring (bicyclic) bond motifs is 1. The summed E-state index contributed by atoms with van der Waals surface area (Å²) in [4.78, 5) is 13.6. The van der Waals surface area contributed by atoms with Crippen LogP contribution < -0.4 is 0 Å². The van der Waals surface area contributed by atoms with Crippen molar-refractivity contribution < 1.29 is 9.53 Å². The van der Waals surface area contributed by atoms with Crippen LogP contribution in [0.5, 0.6) is 0 Å². The summed E-state index contributed by atoms with van der Waals surface area (Å²) in [5.41, 5.74) is -0.376. The monoisotopic (exact) mass is 275 g/mol. The Morgan fingerprint density at radius 1 is 1.40 bits per heavy atom. The molecule has 1 amide bonds. The third kappa shape index (κ3) is 2.30. The Hall–Kier alpha value is -0.250. The van der Waals surface area contributed by atoms with Gasteiger partial charge >= 0.3 is 6.09 Å². The summed E-state index contributed by atoms with van der Waals surface area (Å²) < 4.78 is 5.33. The molecule has 1 saturated carbocycles. The average molecular weight is 276 g/mol. The van der Waals surface area contributed by atoms with Crippen LogP contribution in [0.15, 0.2) is 0 Å². The number of ether oxygens (including phenoxy) is 1. The quantitative estimate of drug-likeness (QED) is 0.689. The molecule has 1 aliphatic heterocycles. The van der Waals surface area contributed by atoms with E-state index >= 15 is 0 Å². The molecular weight excluding hydrogens is 258 g/mol. The predicted octanol–water partition coefficient (Wildman–Crippen LogP) is 2.49. The van der Waals surface area contributed by atoms with Gasteiger partial charge in [-0.2, -0.15) is 0 Å². The third-order valence-corrected chi connectivity index (χ3v) is 3.95. The van der Waals surface area contributed by atoms with E-state index in [4.69, 9.17) is 4.74 Å². The second-order valence-electron chi connectivity index (χ2n) is 5.53. The smallest absolute Gasteiger partial charge is 0.410 e. The van der Waals surface area contributed by atoms with Crippen molar-refractivity contribution in [2.45, 2.75) is 26.4 Å². The Morgan fingerprint density at radius 2 is 1.93 bits per heavy atom. The molecule has 2 aliphatic rings. The summed E-state index contributed by atoms with van der Waals surface area (Å²) in [6.07, 6.45) is -0.150. The number of carbonyl (C=O) groups excluding carboxylic acids is 1. The minimum Gasteiger partial charge on any atom is -0.444 e. The van der Waals surface area contributed by atoms with Gasteiger partial charge < -0.3 is 9.64 Å². The number of alkyl halides is 1.